The maximum atomic E-state index is 12.8. The van der Waals surface area contributed by atoms with Crippen molar-refractivity contribution in [3.63, 3.8) is 0 Å². The van der Waals surface area contributed by atoms with Gasteiger partial charge >= 0.3 is 0 Å². The molecule has 1 heterocycles. The Balaban J connectivity index is 1.65. The number of aromatic amines is 1. The summed E-state index contributed by atoms with van der Waals surface area (Å²) >= 11 is 5.93. The van der Waals surface area contributed by atoms with E-state index < -0.39 is 0 Å². The van der Waals surface area contributed by atoms with Gasteiger partial charge in [0.2, 0.25) is 0 Å². The lowest BCUT2D eigenvalue weighted by Gasteiger charge is -2.18. The van der Waals surface area contributed by atoms with Crippen LogP contribution in [0.3, 0.4) is 0 Å². The molecule has 0 saturated carbocycles. The molecule has 0 aliphatic heterocycles. The van der Waals surface area contributed by atoms with Gasteiger partial charge in [-0.25, -0.2) is 0 Å². The molecule has 0 saturated heterocycles. The van der Waals surface area contributed by atoms with Crippen LogP contribution in [0.2, 0.25) is 5.02 Å². The molecule has 1 amide bonds. The van der Waals surface area contributed by atoms with Crippen molar-refractivity contribution in [2.75, 3.05) is 20.2 Å². The molecule has 0 unspecified atom stereocenters. The Kier molecular flexibility index (Phi) is 5.58. The van der Waals surface area contributed by atoms with Crippen LogP contribution in [0.5, 0.6) is 5.75 Å². The summed E-state index contributed by atoms with van der Waals surface area (Å²) in [7, 11) is 1.75. The Morgan fingerprint density at radius 1 is 1.19 bits per heavy atom. The van der Waals surface area contributed by atoms with Gasteiger partial charge in [0.25, 0.3) is 5.91 Å². The topological polar surface area (TPSA) is 58.2 Å². The van der Waals surface area contributed by atoms with E-state index in [9.17, 15) is 4.79 Å². The summed E-state index contributed by atoms with van der Waals surface area (Å²) < 4.78 is 5.77. The maximum absolute atomic E-state index is 12.8. The molecule has 134 valence electrons. The number of likely N-dealkylation sites (N-methyl/N-ethyl adjacent to an activating group) is 1. The molecule has 0 aliphatic rings. The molecule has 26 heavy (non-hydrogen) atoms. The first-order chi connectivity index (χ1) is 12.6. The number of halogens is 1. The summed E-state index contributed by atoms with van der Waals surface area (Å²) in [5.41, 5.74) is 3.13. The molecule has 1 N–H and O–H groups in total. The van der Waals surface area contributed by atoms with E-state index in [0.29, 0.717) is 29.4 Å². The number of hydrogen-bond acceptors (Lipinski definition) is 3. The molecular weight excluding hydrogens is 350 g/mol. The van der Waals surface area contributed by atoms with Crippen LogP contribution in [0.15, 0.2) is 54.7 Å². The normalized spacial score (nSPS) is 10.6. The SMILES string of the molecule is Cc1ccccc1OCCN(C)C(=O)c1cn[nH]c1-c1ccc(Cl)cc1. The van der Waals surface area contributed by atoms with E-state index in [2.05, 4.69) is 10.2 Å². The molecule has 2 aromatic carbocycles. The number of nitrogens with zero attached hydrogens (tertiary/aromatic N) is 2. The van der Waals surface area contributed by atoms with Crippen LogP contribution in [0, 0.1) is 6.92 Å². The second-order valence-corrected chi connectivity index (χ2v) is 6.44. The number of H-pyrrole nitrogens is 1. The van der Waals surface area contributed by atoms with Crippen molar-refractivity contribution in [3.8, 4) is 17.0 Å². The minimum Gasteiger partial charge on any atom is -0.491 e. The number of ether oxygens (including phenoxy) is 1. The number of aryl methyl sites for hydroxylation is 1. The predicted molar refractivity (Wildman–Crippen MR) is 103 cm³/mol. The van der Waals surface area contributed by atoms with Crippen molar-refractivity contribution >= 4 is 17.5 Å². The molecule has 1 aromatic heterocycles. The van der Waals surface area contributed by atoms with Gasteiger partial charge < -0.3 is 9.64 Å². The Bertz CT molecular complexity index is 890. The van der Waals surface area contributed by atoms with E-state index >= 15 is 0 Å². The van der Waals surface area contributed by atoms with Crippen LogP contribution >= 0.6 is 11.6 Å². The third kappa shape index (κ3) is 4.06. The van der Waals surface area contributed by atoms with Crippen molar-refractivity contribution in [1.29, 1.82) is 0 Å². The molecule has 6 heteroatoms. The van der Waals surface area contributed by atoms with E-state index in [1.54, 1.807) is 30.3 Å². The fourth-order valence-corrected chi connectivity index (χ4v) is 2.73. The highest BCUT2D eigenvalue weighted by molar-refractivity contribution is 6.30. The molecule has 0 aliphatic carbocycles. The third-order valence-electron chi connectivity index (χ3n) is 4.13. The van der Waals surface area contributed by atoms with Gasteiger partial charge in [0.15, 0.2) is 0 Å². The van der Waals surface area contributed by atoms with E-state index in [1.807, 2.05) is 43.3 Å². The van der Waals surface area contributed by atoms with Crippen molar-refractivity contribution < 1.29 is 9.53 Å². The lowest BCUT2D eigenvalue weighted by molar-refractivity contribution is 0.0774. The fourth-order valence-electron chi connectivity index (χ4n) is 2.60. The smallest absolute Gasteiger partial charge is 0.257 e. The number of para-hydroxylation sites is 1. The van der Waals surface area contributed by atoms with Gasteiger partial charge in [-0.2, -0.15) is 5.10 Å². The van der Waals surface area contributed by atoms with Gasteiger partial charge in [0, 0.05) is 17.6 Å². The zero-order valence-corrected chi connectivity index (χ0v) is 15.5. The second-order valence-electron chi connectivity index (χ2n) is 6.01. The number of carbonyl (C=O) groups is 1. The van der Waals surface area contributed by atoms with Crippen LogP contribution in [-0.2, 0) is 0 Å². The summed E-state index contributed by atoms with van der Waals surface area (Å²) in [5, 5.41) is 7.57. The molecule has 5 nitrogen and oxygen atoms in total. The average molecular weight is 370 g/mol. The summed E-state index contributed by atoms with van der Waals surface area (Å²) in [4.78, 5) is 14.4. The quantitative estimate of drug-likeness (QED) is 0.708. The van der Waals surface area contributed by atoms with E-state index in [4.69, 9.17) is 16.3 Å². The molecule has 0 bridgehead atoms. The van der Waals surface area contributed by atoms with Crippen LogP contribution < -0.4 is 4.74 Å². The van der Waals surface area contributed by atoms with Gasteiger partial charge in [-0.3, -0.25) is 9.89 Å². The van der Waals surface area contributed by atoms with Gasteiger partial charge in [-0.1, -0.05) is 41.9 Å². The van der Waals surface area contributed by atoms with Crippen molar-refractivity contribution in [2.24, 2.45) is 0 Å². The molecule has 0 spiro atoms. The van der Waals surface area contributed by atoms with Gasteiger partial charge in [0.05, 0.1) is 24.0 Å². The minimum absolute atomic E-state index is 0.114. The lowest BCUT2D eigenvalue weighted by atomic mass is 10.1. The third-order valence-corrected chi connectivity index (χ3v) is 4.38. The Morgan fingerprint density at radius 3 is 2.65 bits per heavy atom. The van der Waals surface area contributed by atoms with Crippen molar-refractivity contribution in [2.45, 2.75) is 6.92 Å². The molecule has 3 aromatic rings. The number of rotatable bonds is 6. The second kappa shape index (κ2) is 8.06. The first kappa shape index (κ1) is 18.0. The van der Waals surface area contributed by atoms with Gasteiger partial charge in [-0.15, -0.1) is 0 Å². The van der Waals surface area contributed by atoms with E-state index in [0.717, 1.165) is 16.9 Å². The number of nitrogens with one attached hydrogen (secondary N) is 1. The fraction of sp³-hybridized carbons (Fsp3) is 0.200. The number of hydrogen-bond donors (Lipinski definition) is 1. The van der Waals surface area contributed by atoms with Gasteiger partial charge in [0.1, 0.15) is 12.4 Å². The summed E-state index contributed by atoms with van der Waals surface area (Å²) in [6.45, 7) is 2.88. The van der Waals surface area contributed by atoms with Crippen LogP contribution in [0.1, 0.15) is 15.9 Å². The Hall–Kier alpha value is -2.79. The van der Waals surface area contributed by atoms with Crippen molar-refractivity contribution in [3.05, 3.63) is 70.9 Å². The summed E-state index contributed by atoms with van der Waals surface area (Å²) in [5.74, 6) is 0.718. The Morgan fingerprint density at radius 2 is 1.92 bits per heavy atom. The number of aromatic nitrogens is 2. The van der Waals surface area contributed by atoms with Crippen LogP contribution in [0.4, 0.5) is 0 Å². The number of amides is 1. The van der Waals surface area contributed by atoms with Crippen molar-refractivity contribution in [1.82, 2.24) is 15.1 Å². The maximum Gasteiger partial charge on any atom is 0.257 e. The largest absolute Gasteiger partial charge is 0.491 e. The molecule has 3 rings (SSSR count). The first-order valence-electron chi connectivity index (χ1n) is 8.29. The molecule has 0 radical (unpaired) electrons. The minimum atomic E-state index is -0.114. The summed E-state index contributed by atoms with van der Waals surface area (Å²) in [6, 6.07) is 15.1. The lowest BCUT2D eigenvalue weighted by Crippen LogP contribution is -2.31. The molecule has 0 atom stereocenters. The van der Waals surface area contributed by atoms with Gasteiger partial charge in [-0.05, 0) is 30.7 Å². The van der Waals surface area contributed by atoms with Crippen LogP contribution in [0.25, 0.3) is 11.3 Å². The highest BCUT2D eigenvalue weighted by Crippen LogP contribution is 2.24. The standard InChI is InChI=1S/C20H20ClN3O2/c1-14-5-3-4-6-18(14)26-12-11-24(2)20(25)17-13-22-23-19(17)15-7-9-16(21)10-8-15/h3-10,13H,11-12H2,1-2H3,(H,22,23). The highest BCUT2D eigenvalue weighted by atomic mass is 35.5. The van der Waals surface area contributed by atoms with E-state index in [-0.39, 0.29) is 5.91 Å². The Labute approximate surface area is 157 Å². The predicted octanol–water partition coefficient (Wildman–Crippen LogP) is 4.19. The number of benzene rings is 2. The van der Waals surface area contributed by atoms with E-state index in [1.165, 1.54) is 0 Å². The zero-order chi connectivity index (χ0) is 18.5. The molecule has 0 fully saturated rings. The number of carbonyl (C=O) groups excluding carboxylic acids is 1. The zero-order valence-electron chi connectivity index (χ0n) is 14.7. The average Bonchev–Trinajstić information content (AvgIpc) is 3.13. The van der Waals surface area contributed by atoms with Crippen LogP contribution in [-0.4, -0.2) is 41.2 Å². The first-order valence-corrected chi connectivity index (χ1v) is 8.67. The monoisotopic (exact) mass is 369 g/mol. The molecular formula is C20H20ClN3O2. The summed E-state index contributed by atoms with van der Waals surface area (Å²) in [6.07, 6.45) is 1.55. The highest BCUT2D eigenvalue weighted by Gasteiger charge is 2.19.